The quantitative estimate of drug-likeness (QED) is 0.154. The summed E-state index contributed by atoms with van der Waals surface area (Å²) in [6, 6.07) is 9.97. The molecule has 6 N–H and O–H groups in total. The van der Waals surface area contributed by atoms with Crippen molar-refractivity contribution in [2.75, 3.05) is 11.1 Å². The monoisotopic (exact) mass is 611 g/mol. The number of aromatic nitrogens is 3. The second-order valence-corrected chi connectivity index (χ2v) is 10.7. The van der Waals surface area contributed by atoms with Crippen molar-refractivity contribution >= 4 is 34.8 Å². The van der Waals surface area contributed by atoms with Crippen LogP contribution < -0.4 is 32.5 Å². The lowest BCUT2D eigenvalue weighted by atomic mass is 9.98. The second kappa shape index (κ2) is 11.3. The third-order valence-corrected chi connectivity index (χ3v) is 8.02. The SMILES string of the molecule is Cc1c(C(=O)O)ccc2c1CC[C@@H]2NC(=O)c1cc(C(=O)NCc2ccc(F)c(CNc3c(N)c(=O)c3=O)c2)nc2ccnn12. The van der Waals surface area contributed by atoms with Crippen molar-refractivity contribution in [1.29, 1.82) is 0 Å². The molecular formula is C31H26FN7O6. The molecule has 0 unspecified atom stereocenters. The lowest BCUT2D eigenvalue weighted by Gasteiger charge is -2.16. The molecule has 3 aromatic carbocycles. The van der Waals surface area contributed by atoms with E-state index >= 15 is 0 Å². The smallest absolute Gasteiger partial charge is 0.335 e. The molecule has 0 spiro atoms. The van der Waals surface area contributed by atoms with Gasteiger partial charge in [-0.15, -0.1) is 0 Å². The molecule has 14 heteroatoms. The van der Waals surface area contributed by atoms with Gasteiger partial charge in [0.2, 0.25) is 0 Å². The number of carbonyl (C=O) groups excluding carboxylic acids is 2. The first-order valence-corrected chi connectivity index (χ1v) is 13.9. The van der Waals surface area contributed by atoms with Crippen molar-refractivity contribution in [2.24, 2.45) is 0 Å². The first-order valence-electron chi connectivity index (χ1n) is 13.9. The van der Waals surface area contributed by atoms with Crippen LogP contribution in [0, 0.1) is 12.7 Å². The fourth-order valence-corrected chi connectivity index (χ4v) is 5.60. The van der Waals surface area contributed by atoms with Crippen LogP contribution in [0.25, 0.3) is 5.65 Å². The van der Waals surface area contributed by atoms with Crippen LogP contribution in [0.4, 0.5) is 15.8 Å². The molecule has 45 heavy (non-hydrogen) atoms. The lowest BCUT2D eigenvalue weighted by molar-refractivity contribution is 0.0695. The topological polar surface area (TPSA) is 198 Å². The summed E-state index contributed by atoms with van der Waals surface area (Å²) in [6.45, 7) is 1.65. The number of aromatic carboxylic acids is 1. The van der Waals surface area contributed by atoms with E-state index in [4.69, 9.17) is 5.73 Å². The summed E-state index contributed by atoms with van der Waals surface area (Å²) < 4.78 is 15.7. The maximum atomic E-state index is 14.4. The number of benzene rings is 2. The van der Waals surface area contributed by atoms with E-state index in [2.05, 4.69) is 26.0 Å². The van der Waals surface area contributed by atoms with Crippen LogP contribution in [-0.2, 0) is 19.5 Å². The fourth-order valence-electron chi connectivity index (χ4n) is 5.60. The molecule has 13 nitrogen and oxygen atoms in total. The molecule has 2 aromatic heterocycles. The van der Waals surface area contributed by atoms with E-state index in [1.165, 1.54) is 41.0 Å². The highest BCUT2D eigenvalue weighted by molar-refractivity contribution is 5.98. The number of nitrogens with zero attached hydrogens (tertiary/aromatic N) is 3. The van der Waals surface area contributed by atoms with Crippen LogP contribution >= 0.6 is 0 Å². The zero-order chi connectivity index (χ0) is 32.0. The van der Waals surface area contributed by atoms with Crippen LogP contribution in [0.3, 0.4) is 0 Å². The molecule has 6 rings (SSSR count). The van der Waals surface area contributed by atoms with Crippen molar-refractivity contribution in [3.05, 3.63) is 120 Å². The predicted molar refractivity (Wildman–Crippen MR) is 160 cm³/mol. The fraction of sp³-hybridized carbons (Fsp3) is 0.194. The molecule has 228 valence electrons. The summed E-state index contributed by atoms with van der Waals surface area (Å²) in [5.74, 6) is -2.64. The second-order valence-electron chi connectivity index (χ2n) is 10.7. The lowest BCUT2D eigenvalue weighted by Crippen LogP contribution is -2.37. The Labute approximate surface area is 253 Å². The van der Waals surface area contributed by atoms with Crippen LogP contribution in [0.1, 0.15) is 71.6 Å². The number of nitrogen functional groups attached to an aromatic ring is 1. The molecule has 1 atom stereocenters. The number of hydrogen-bond donors (Lipinski definition) is 5. The first-order chi connectivity index (χ1) is 21.5. The predicted octanol–water partition coefficient (Wildman–Crippen LogP) is 2.01. The highest BCUT2D eigenvalue weighted by Crippen LogP contribution is 2.35. The number of carboxylic acid groups (broad SMARTS) is 1. The first kappa shape index (κ1) is 29.2. The molecule has 1 aliphatic rings. The maximum absolute atomic E-state index is 14.4. The number of fused-ring (bicyclic) bond motifs is 2. The molecule has 5 aromatic rings. The maximum Gasteiger partial charge on any atom is 0.335 e. The molecule has 0 bridgehead atoms. The van der Waals surface area contributed by atoms with Gasteiger partial charge in [0.1, 0.15) is 28.6 Å². The number of rotatable bonds is 9. The minimum atomic E-state index is -1.01. The third kappa shape index (κ3) is 5.26. The van der Waals surface area contributed by atoms with Gasteiger partial charge in [0.05, 0.1) is 17.8 Å². The number of anilines is 2. The summed E-state index contributed by atoms with van der Waals surface area (Å²) >= 11 is 0. The number of amides is 2. The Morgan fingerprint density at radius 2 is 1.87 bits per heavy atom. The van der Waals surface area contributed by atoms with E-state index in [1.807, 2.05) is 0 Å². The third-order valence-electron chi connectivity index (χ3n) is 8.02. The highest BCUT2D eigenvalue weighted by Gasteiger charge is 2.29. The molecular weight excluding hydrogens is 585 g/mol. The van der Waals surface area contributed by atoms with Gasteiger partial charge in [-0.25, -0.2) is 18.7 Å². The average molecular weight is 612 g/mol. The van der Waals surface area contributed by atoms with Crippen LogP contribution in [0.5, 0.6) is 0 Å². The van der Waals surface area contributed by atoms with Gasteiger partial charge >= 0.3 is 5.97 Å². The van der Waals surface area contributed by atoms with Gasteiger partial charge < -0.3 is 26.8 Å². The highest BCUT2D eigenvalue weighted by atomic mass is 19.1. The Morgan fingerprint density at radius 1 is 1.07 bits per heavy atom. The number of carbonyl (C=O) groups is 3. The Kier molecular flexibility index (Phi) is 7.32. The van der Waals surface area contributed by atoms with Gasteiger partial charge in [-0.1, -0.05) is 12.1 Å². The molecule has 0 aliphatic heterocycles. The van der Waals surface area contributed by atoms with Crippen molar-refractivity contribution in [2.45, 2.75) is 38.9 Å². The molecule has 0 fully saturated rings. The number of halogens is 1. The molecule has 0 saturated heterocycles. The zero-order valence-corrected chi connectivity index (χ0v) is 23.8. The van der Waals surface area contributed by atoms with Gasteiger partial charge in [0.25, 0.3) is 22.7 Å². The zero-order valence-electron chi connectivity index (χ0n) is 23.8. The normalized spacial score (nSPS) is 14.0. The summed E-state index contributed by atoms with van der Waals surface area (Å²) in [6.07, 6.45) is 2.65. The summed E-state index contributed by atoms with van der Waals surface area (Å²) in [7, 11) is 0. The van der Waals surface area contributed by atoms with Crippen molar-refractivity contribution in [1.82, 2.24) is 25.2 Å². The van der Waals surface area contributed by atoms with E-state index < -0.39 is 34.5 Å². The number of carboxylic acids is 1. The van der Waals surface area contributed by atoms with Gasteiger partial charge in [-0.2, -0.15) is 5.10 Å². The van der Waals surface area contributed by atoms with Gasteiger partial charge in [0.15, 0.2) is 5.65 Å². The number of hydrogen-bond acceptors (Lipinski definition) is 9. The Hall–Kier alpha value is -5.92. The van der Waals surface area contributed by atoms with Crippen molar-refractivity contribution < 1.29 is 23.9 Å². The van der Waals surface area contributed by atoms with Crippen LogP contribution in [-0.4, -0.2) is 37.5 Å². The van der Waals surface area contributed by atoms with Gasteiger partial charge in [-0.3, -0.25) is 19.2 Å². The largest absolute Gasteiger partial charge is 0.478 e. The number of nitrogens with one attached hydrogen (secondary N) is 3. The van der Waals surface area contributed by atoms with Gasteiger partial charge in [-0.05, 0) is 60.2 Å². The summed E-state index contributed by atoms with van der Waals surface area (Å²) in [5, 5.41) is 22.0. The van der Waals surface area contributed by atoms with E-state index in [0.29, 0.717) is 24.0 Å². The van der Waals surface area contributed by atoms with Crippen molar-refractivity contribution in [3.8, 4) is 0 Å². The molecule has 2 heterocycles. The van der Waals surface area contributed by atoms with E-state index in [9.17, 15) is 33.5 Å². The standard InChI is InChI=1S/C31H26FN7O6/c1-14-17-5-7-21(19(17)4-3-18(14)31(44)45)38-30(43)23-11-22(37-24-8-9-36-39(23)24)29(42)35-12-15-2-6-20(32)16(10-15)13-34-26-25(33)27(40)28(26)41/h2-4,6,8-11,21,34H,5,7,12-13,33H2,1H3,(H,35,42)(H,38,43)(H,44,45)/t21-/m0/s1. The van der Waals surface area contributed by atoms with E-state index in [1.54, 1.807) is 19.1 Å². The molecule has 0 saturated carbocycles. The van der Waals surface area contributed by atoms with Gasteiger partial charge in [0, 0.05) is 30.8 Å². The average Bonchev–Trinajstić information content (AvgIpc) is 3.68. The number of nitrogens with two attached hydrogens (primary N) is 1. The molecule has 2 amide bonds. The van der Waals surface area contributed by atoms with E-state index in [-0.39, 0.29) is 58.7 Å². The minimum absolute atomic E-state index is 0.00143. The molecule has 1 aliphatic carbocycles. The summed E-state index contributed by atoms with van der Waals surface area (Å²) in [4.78, 5) is 65.4. The summed E-state index contributed by atoms with van der Waals surface area (Å²) in [5.41, 5.74) is 7.40. The Balaban J connectivity index is 1.17. The van der Waals surface area contributed by atoms with E-state index in [0.717, 1.165) is 11.1 Å². The van der Waals surface area contributed by atoms with Crippen LogP contribution in [0.2, 0.25) is 0 Å². The minimum Gasteiger partial charge on any atom is -0.478 e. The van der Waals surface area contributed by atoms with Crippen LogP contribution in [0.15, 0.2) is 58.3 Å². The Bertz CT molecular complexity index is 2110. The van der Waals surface area contributed by atoms with Crippen molar-refractivity contribution in [3.63, 3.8) is 0 Å². The molecule has 0 radical (unpaired) electrons. The Morgan fingerprint density at radius 3 is 2.62 bits per heavy atom.